The molecule has 1 fully saturated rings. The number of hydrogen-bond donors (Lipinski definition) is 3. The Morgan fingerprint density at radius 2 is 1.87 bits per heavy atom. The van der Waals surface area contributed by atoms with Gasteiger partial charge in [0.1, 0.15) is 17.0 Å². The molecule has 2 aliphatic heterocycles. The van der Waals surface area contributed by atoms with E-state index in [-0.39, 0.29) is 17.1 Å². The summed E-state index contributed by atoms with van der Waals surface area (Å²) in [5, 5.41) is 17.8. The number of nitrogens with zero attached hydrogens (tertiary/aromatic N) is 4. The maximum atomic E-state index is 15.6. The number of H-pyrrole nitrogens is 2. The average molecular weight is 517 g/mol. The maximum Gasteiger partial charge on any atom is 0.159 e. The average Bonchev–Trinajstić information content (AvgIpc) is 3.61. The molecule has 4 aromatic rings. The van der Waals surface area contributed by atoms with Crippen LogP contribution in [0.1, 0.15) is 24.6 Å². The third kappa shape index (κ3) is 4.84. The minimum absolute atomic E-state index is 0.177. The standard InChI is InChI=1S/C29H33FN6O2/c1-2-19-16-21(37)5-6-22(19)23-7-8-24-27(26(23)30)33-34-28(24)29-31-17-25(32-29)20-4-3-9-36(18-20)11-10-35-12-14-38-15-13-35/h4-8,16-17,37H,2-3,9-15,18H2,1H3,(H,31,32)(H,33,34). The number of hydrogen-bond acceptors (Lipinski definition) is 6. The smallest absolute Gasteiger partial charge is 0.159 e. The van der Waals surface area contributed by atoms with E-state index in [0.29, 0.717) is 28.9 Å². The van der Waals surface area contributed by atoms with Crippen molar-refractivity contribution < 1.29 is 14.2 Å². The summed E-state index contributed by atoms with van der Waals surface area (Å²) in [6.45, 7) is 9.68. The number of aromatic amines is 2. The highest BCUT2D eigenvalue weighted by atomic mass is 19.1. The summed E-state index contributed by atoms with van der Waals surface area (Å²) >= 11 is 0. The van der Waals surface area contributed by atoms with Crippen molar-refractivity contribution in [3.8, 4) is 28.4 Å². The number of fused-ring (bicyclic) bond motifs is 1. The first kappa shape index (κ1) is 24.8. The first-order valence-electron chi connectivity index (χ1n) is 13.4. The number of imidazole rings is 1. The van der Waals surface area contributed by atoms with E-state index < -0.39 is 0 Å². The highest BCUT2D eigenvalue weighted by Crippen LogP contribution is 2.35. The number of morpholine rings is 1. The molecule has 8 nitrogen and oxygen atoms in total. The highest BCUT2D eigenvalue weighted by molar-refractivity contribution is 5.95. The van der Waals surface area contributed by atoms with Gasteiger partial charge in [-0.3, -0.25) is 14.9 Å². The van der Waals surface area contributed by atoms with Gasteiger partial charge in [0.25, 0.3) is 0 Å². The molecular weight excluding hydrogens is 483 g/mol. The van der Waals surface area contributed by atoms with Gasteiger partial charge in [-0.05, 0) is 47.7 Å². The zero-order chi connectivity index (χ0) is 26.1. The third-order valence-corrected chi connectivity index (χ3v) is 7.65. The SMILES string of the molecule is CCc1cc(O)ccc1-c1ccc2c(-c3ncc(C4=CCCN(CCN5CCOCC5)C4)[nH]3)[nH]nc2c1F. The number of halogens is 1. The van der Waals surface area contributed by atoms with Crippen molar-refractivity contribution in [1.82, 2.24) is 30.0 Å². The Bertz CT molecular complexity index is 1470. The summed E-state index contributed by atoms with van der Waals surface area (Å²) < 4.78 is 21.1. The van der Waals surface area contributed by atoms with Gasteiger partial charge in [0.15, 0.2) is 11.6 Å². The molecule has 2 aliphatic rings. The van der Waals surface area contributed by atoms with Crippen molar-refractivity contribution in [2.75, 3.05) is 52.5 Å². The fourth-order valence-corrected chi connectivity index (χ4v) is 5.48. The maximum absolute atomic E-state index is 15.6. The Morgan fingerprint density at radius 3 is 2.71 bits per heavy atom. The van der Waals surface area contributed by atoms with Gasteiger partial charge in [0.05, 0.1) is 25.1 Å². The molecule has 0 atom stereocenters. The molecule has 0 amide bonds. The van der Waals surface area contributed by atoms with E-state index in [4.69, 9.17) is 4.74 Å². The van der Waals surface area contributed by atoms with Crippen molar-refractivity contribution in [2.45, 2.75) is 19.8 Å². The molecule has 9 heteroatoms. The molecule has 0 radical (unpaired) electrons. The molecule has 3 N–H and O–H groups in total. The van der Waals surface area contributed by atoms with Crippen LogP contribution < -0.4 is 0 Å². The molecule has 0 spiro atoms. The number of aromatic hydroxyl groups is 1. The minimum Gasteiger partial charge on any atom is -0.508 e. The van der Waals surface area contributed by atoms with Crippen LogP contribution in [-0.2, 0) is 11.2 Å². The zero-order valence-electron chi connectivity index (χ0n) is 21.6. The van der Waals surface area contributed by atoms with Gasteiger partial charge < -0.3 is 14.8 Å². The van der Waals surface area contributed by atoms with Crippen LogP contribution in [0.25, 0.3) is 39.1 Å². The minimum atomic E-state index is -0.386. The number of ether oxygens (including phenoxy) is 1. The van der Waals surface area contributed by atoms with Crippen molar-refractivity contribution in [3.63, 3.8) is 0 Å². The number of benzene rings is 2. The third-order valence-electron chi connectivity index (χ3n) is 7.65. The summed E-state index contributed by atoms with van der Waals surface area (Å²) in [5.74, 6) is 0.430. The van der Waals surface area contributed by atoms with Gasteiger partial charge in [-0.25, -0.2) is 9.37 Å². The molecule has 6 rings (SSSR count). The summed E-state index contributed by atoms with van der Waals surface area (Å²) in [6.07, 6.45) is 5.82. The molecular formula is C29H33FN6O2. The van der Waals surface area contributed by atoms with Gasteiger partial charge in [-0.1, -0.05) is 25.1 Å². The Hall–Kier alpha value is -3.53. The van der Waals surface area contributed by atoms with Gasteiger partial charge in [0, 0.05) is 50.2 Å². The molecule has 1 saturated heterocycles. The zero-order valence-corrected chi connectivity index (χ0v) is 21.6. The quantitative estimate of drug-likeness (QED) is 0.336. The largest absolute Gasteiger partial charge is 0.508 e. The molecule has 0 aliphatic carbocycles. The molecule has 0 saturated carbocycles. The molecule has 0 unspecified atom stereocenters. The normalized spacial score (nSPS) is 17.3. The van der Waals surface area contributed by atoms with E-state index in [0.717, 1.165) is 75.7 Å². The summed E-state index contributed by atoms with van der Waals surface area (Å²) in [7, 11) is 0. The van der Waals surface area contributed by atoms with Gasteiger partial charge in [-0.2, -0.15) is 5.10 Å². The van der Waals surface area contributed by atoms with Crippen LogP contribution >= 0.6 is 0 Å². The van der Waals surface area contributed by atoms with Crippen molar-refractivity contribution in [3.05, 3.63) is 59.7 Å². The van der Waals surface area contributed by atoms with E-state index in [1.165, 1.54) is 5.57 Å². The number of phenols is 1. The van der Waals surface area contributed by atoms with Gasteiger partial charge in [-0.15, -0.1) is 0 Å². The fourth-order valence-electron chi connectivity index (χ4n) is 5.48. The monoisotopic (exact) mass is 516 g/mol. The lowest BCUT2D eigenvalue weighted by atomic mass is 9.96. The Morgan fingerprint density at radius 1 is 1.05 bits per heavy atom. The van der Waals surface area contributed by atoms with E-state index >= 15 is 4.39 Å². The number of aromatic nitrogens is 4. The molecule has 0 bridgehead atoms. The van der Waals surface area contributed by atoms with Crippen molar-refractivity contribution >= 4 is 16.5 Å². The van der Waals surface area contributed by atoms with E-state index in [2.05, 4.69) is 36.0 Å². The summed E-state index contributed by atoms with van der Waals surface area (Å²) in [5.41, 5.74) is 5.26. The van der Waals surface area contributed by atoms with Gasteiger partial charge in [0.2, 0.25) is 0 Å². The van der Waals surface area contributed by atoms with Crippen LogP contribution in [0.3, 0.4) is 0 Å². The van der Waals surface area contributed by atoms with Crippen molar-refractivity contribution in [2.24, 2.45) is 0 Å². The molecule has 198 valence electrons. The predicted molar refractivity (Wildman–Crippen MR) is 146 cm³/mol. The van der Waals surface area contributed by atoms with E-state index in [1.807, 2.05) is 19.2 Å². The topological polar surface area (TPSA) is 93.3 Å². The van der Waals surface area contributed by atoms with Crippen molar-refractivity contribution in [1.29, 1.82) is 0 Å². The summed E-state index contributed by atoms with van der Waals surface area (Å²) in [6, 6.07) is 8.69. The van der Waals surface area contributed by atoms with E-state index in [9.17, 15) is 5.11 Å². The lowest BCUT2D eigenvalue weighted by molar-refractivity contribution is 0.0339. The highest BCUT2D eigenvalue weighted by Gasteiger charge is 2.21. The predicted octanol–water partition coefficient (Wildman–Crippen LogP) is 4.45. The number of rotatable bonds is 7. The molecule has 2 aromatic heterocycles. The van der Waals surface area contributed by atoms with Crippen LogP contribution in [0.5, 0.6) is 5.75 Å². The molecule has 38 heavy (non-hydrogen) atoms. The Kier molecular flexibility index (Phi) is 6.97. The van der Waals surface area contributed by atoms with Crippen LogP contribution in [0.2, 0.25) is 0 Å². The fraction of sp³-hybridized carbons (Fsp3) is 0.379. The Balaban J connectivity index is 1.21. The number of phenolic OH excluding ortho intramolecular Hbond substituents is 1. The lowest BCUT2D eigenvalue weighted by Crippen LogP contribution is -2.42. The second kappa shape index (κ2) is 10.7. The number of aryl methyl sites for hydroxylation is 1. The summed E-state index contributed by atoms with van der Waals surface area (Å²) in [4.78, 5) is 13.0. The van der Waals surface area contributed by atoms with Crippen LogP contribution in [0.15, 0.2) is 42.6 Å². The van der Waals surface area contributed by atoms with Crippen LogP contribution in [0.4, 0.5) is 4.39 Å². The van der Waals surface area contributed by atoms with Crippen LogP contribution in [-0.4, -0.2) is 87.6 Å². The second-order valence-electron chi connectivity index (χ2n) is 10.0. The molecule has 2 aromatic carbocycles. The first-order chi connectivity index (χ1) is 18.6. The molecule has 4 heterocycles. The van der Waals surface area contributed by atoms with E-state index in [1.54, 1.807) is 24.3 Å². The second-order valence-corrected chi connectivity index (χ2v) is 10.0. The lowest BCUT2D eigenvalue weighted by Gasteiger charge is -2.31. The van der Waals surface area contributed by atoms with Crippen LogP contribution in [0, 0.1) is 5.82 Å². The van der Waals surface area contributed by atoms with Gasteiger partial charge >= 0.3 is 0 Å². The Labute approximate surface area is 221 Å². The first-order valence-corrected chi connectivity index (χ1v) is 13.4. The number of nitrogens with one attached hydrogen (secondary N) is 2.